The highest BCUT2D eigenvalue weighted by molar-refractivity contribution is 5.27. The molecule has 0 saturated carbocycles. The van der Waals surface area contributed by atoms with Gasteiger partial charge in [-0.3, -0.25) is 0 Å². The number of ether oxygens (including phenoxy) is 1. The molecule has 3 nitrogen and oxygen atoms in total. The minimum atomic E-state index is 0.566. The zero-order chi connectivity index (χ0) is 13.7. The first kappa shape index (κ1) is 14.4. The molecule has 106 valence electrons. The molecule has 1 N–H and O–H groups in total. The fraction of sp³-hybridized carbons (Fsp3) is 0.625. The molecule has 0 radical (unpaired) electrons. The van der Waals surface area contributed by atoms with Gasteiger partial charge in [-0.25, -0.2) is 0 Å². The minimum absolute atomic E-state index is 0.566. The van der Waals surface area contributed by atoms with Crippen molar-refractivity contribution in [3.05, 3.63) is 29.8 Å². The number of benzene rings is 1. The summed E-state index contributed by atoms with van der Waals surface area (Å²) >= 11 is 0. The van der Waals surface area contributed by atoms with Crippen molar-refractivity contribution in [2.75, 3.05) is 27.2 Å². The van der Waals surface area contributed by atoms with Crippen molar-refractivity contribution in [1.82, 2.24) is 10.2 Å². The van der Waals surface area contributed by atoms with Gasteiger partial charge in [0.05, 0.1) is 7.11 Å². The first-order valence-electron chi connectivity index (χ1n) is 7.25. The Hall–Kier alpha value is -1.06. The van der Waals surface area contributed by atoms with Crippen LogP contribution in [0.5, 0.6) is 5.75 Å². The number of nitrogens with zero attached hydrogens (tertiary/aromatic N) is 1. The van der Waals surface area contributed by atoms with Gasteiger partial charge < -0.3 is 15.0 Å². The van der Waals surface area contributed by atoms with Crippen LogP contribution in [0.25, 0.3) is 0 Å². The van der Waals surface area contributed by atoms with E-state index in [2.05, 4.69) is 36.3 Å². The molecule has 1 aliphatic rings. The maximum absolute atomic E-state index is 5.19. The molecule has 1 aromatic rings. The number of hydrogen-bond acceptors (Lipinski definition) is 3. The lowest BCUT2D eigenvalue weighted by atomic mass is 10.1. The van der Waals surface area contributed by atoms with Gasteiger partial charge >= 0.3 is 0 Å². The van der Waals surface area contributed by atoms with Gasteiger partial charge in [-0.15, -0.1) is 0 Å². The minimum Gasteiger partial charge on any atom is -0.497 e. The van der Waals surface area contributed by atoms with Crippen molar-refractivity contribution >= 4 is 0 Å². The van der Waals surface area contributed by atoms with Gasteiger partial charge in [-0.05, 0) is 57.5 Å². The third-order valence-corrected chi connectivity index (χ3v) is 4.11. The molecular formula is C16H26N2O. The Kier molecular flexibility index (Phi) is 5.23. The van der Waals surface area contributed by atoms with Gasteiger partial charge in [0.15, 0.2) is 0 Å². The summed E-state index contributed by atoms with van der Waals surface area (Å²) in [5.41, 5.74) is 1.37. The summed E-state index contributed by atoms with van der Waals surface area (Å²) in [6, 6.07) is 9.66. The number of likely N-dealkylation sites (N-methyl/N-ethyl adjacent to an activating group) is 1. The van der Waals surface area contributed by atoms with Gasteiger partial charge in [-0.1, -0.05) is 12.1 Å². The molecule has 3 heteroatoms. The largest absolute Gasteiger partial charge is 0.497 e. The van der Waals surface area contributed by atoms with Crippen LogP contribution < -0.4 is 10.1 Å². The molecule has 19 heavy (non-hydrogen) atoms. The summed E-state index contributed by atoms with van der Waals surface area (Å²) in [4.78, 5) is 2.47. The molecule has 1 aromatic carbocycles. The highest BCUT2D eigenvalue weighted by Crippen LogP contribution is 2.15. The number of hydrogen-bond donors (Lipinski definition) is 1. The summed E-state index contributed by atoms with van der Waals surface area (Å²) in [7, 11) is 3.94. The summed E-state index contributed by atoms with van der Waals surface area (Å²) in [6.07, 6.45) is 3.73. The molecule has 0 bridgehead atoms. The summed E-state index contributed by atoms with van der Waals surface area (Å²) in [5, 5.41) is 3.56. The van der Waals surface area contributed by atoms with Crippen molar-refractivity contribution in [2.45, 2.75) is 38.3 Å². The summed E-state index contributed by atoms with van der Waals surface area (Å²) in [6.45, 7) is 4.64. The average molecular weight is 262 g/mol. The number of methoxy groups -OCH3 is 1. The molecule has 1 fully saturated rings. The van der Waals surface area contributed by atoms with Crippen LogP contribution in [-0.4, -0.2) is 44.2 Å². The second-order valence-electron chi connectivity index (χ2n) is 5.63. The Morgan fingerprint density at radius 2 is 2.11 bits per heavy atom. The first-order chi connectivity index (χ1) is 9.19. The van der Waals surface area contributed by atoms with Crippen LogP contribution in [0.2, 0.25) is 0 Å². The fourth-order valence-electron chi connectivity index (χ4n) is 2.70. The Labute approximate surface area is 116 Å². The maximum atomic E-state index is 5.19. The third-order valence-electron chi connectivity index (χ3n) is 4.11. The van der Waals surface area contributed by atoms with Crippen molar-refractivity contribution in [3.63, 3.8) is 0 Å². The zero-order valence-corrected chi connectivity index (χ0v) is 12.4. The highest BCUT2D eigenvalue weighted by Gasteiger charge is 2.18. The zero-order valence-electron chi connectivity index (χ0n) is 12.4. The smallest absolute Gasteiger partial charge is 0.118 e. The van der Waals surface area contributed by atoms with Crippen LogP contribution in [0.1, 0.15) is 25.3 Å². The van der Waals surface area contributed by atoms with E-state index >= 15 is 0 Å². The molecule has 1 saturated heterocycles. The molecule has 0 spiro atoms. The van der Waals surface area contributed by atoms with E-state index in [0.717, 1.165) is 18.7 Å². The van der Waals surface area contributed by atoms with Gasteiger partial charge in [0.25, 0.3) is 0 Å². The van der Waals surface area contributed by atoms with Crippen LogP contribution in [0.15, 0.2) is 24.3 Å². The van der Waals surface area contributed by atoms with Gasteiger partial charge in [-0.2, -0.15) is 0 Å². The van der Waals surface area contributed by atoms with E-state index < -0.39 is 0 Å². The van der Waals surface area contributed by atoms with Crippen molar-refractivity contribution < 1.29 is 4.74 Å². The molecule has 0 aromatic heterocycles. The van der Waals surface area contributed by atoms with E-state index in [1.54, 1.807) is 7.11 Å². The third kappa shape index (κ3) is 4.22. The quantitative estimate of drug-likeness (QED) is 0.851. The Bertz CT molecular complexity index is 371. The van der Waals surface area contributed by atoms with E-state index in [0.29, 0.717) is 12.1 Å². The lowest BCUT2D eigenvalue weighted by Crippen LogP contribution is -2.40. The average Bonchev–Trinajstić information content (AvgIpc) is 2.92. The van der Waals surface area contributed by atoms with Crippen molar-refractivity contribution in [3.8, 4) is 5.75 Å². The van der Waals surface area contributed by atoms with Crippen LogP contribution in [0.4, 0.5) is 0 Å². The lowest BCUT2D eigenvalue weighted by molar-refractivity contribution is 0.234. The molecule has 0 amide bonds. The van der Waals surface area contributed by atoms with Crippen molar-refractivity contribution in [1.29, 1.82) is 0 Å². The molecular weight excluding hydrogens is 236 g/mol. The second kappa shape index (κ2) is 6.92. The van der Waals surface area contributed by atoms with E-state index in [4.69, 9.17) is 4.74 Å². The number of nitrogens with one attached hydrogen (secondary N) is 1. The van der Waals surface area contributed by atoms with Crippen LogP contribution >= 0.6 is 0 Å². The predicted octanol–water partition coefficient (Wildman–Crippen LogP) is 2.31. The fourth-order valence-corrected chi connectivity index (χ4v) is 2.70. The Balaban J connectivity index is 1.82. The highest BCUT2D eigenvalue weighted by atomic mass is 16.5. The van der Waals surface area contributed by atoms with Crippen LogP contribution in [0, 0.1) is 0 Å². The molecule has 2 unspecified atom stereocenters. The topological polar surface area (TPSA) is 24.5 Å². The second-order valence-corrected chi connectivity index (χ2v) is 5.63. The van der Waals surface area contributed by atoms with Gasteiger partial charge in [0.2, 0.25) is 0 Å². The van der Waals surface area contributed by atoms with E-state index in [1.165, 1.54) is 24.9 Å². The summed E-state index contributed by atoms with van der Waals surface area (Å²) in [5.74, 6) is 0.930. The number of rotatable bonds is 6. The SMILES string of the molecule is COc1ccc(CC(C)N(C)CC2CCCN2)cc1. The van der Waals surface area contributed by atoms with Gasteiger partial charge in [0, 0.05) is 18.6 Å². The predicted molar refractivity (Wildman–Crippen MR) is 79.8 cm³/mol. The van der Waals surface area contributed by atoms with E-state index in [-0.39, 0.29) is 0 Å². The standard InChI is InChI=1S/C16H26N2O/c1-13(18(2)12-15-5-4-10-17-15)11-14-6-8-16(19-3)9-7-14/h6-9,13,15,17H,4-5,10-12H2,1-3H3. The van der Waals surface area contributed by atoms with Crippen LogP contribution in [0.3, 0.4) is 0 Å². The molecule has 2 atom stereocenters. The summed E-state index contributed by atoms with van der Waals surface area (Å²) < 4.78 is 5.19. The molecule has 1 aliphatic heterocycles. The Morgan fingerprint density at radius 3 is 2.68 bits per heavy atom. The van der Waals surface area contributed by atoms with Gasteiger partial charge in [0.1, 0.15) is 5.75 Å². The monoisotopic (exact) mass is 262 g/mol. The van der Waals surface area contributed by atoms with Crippen molar-refractivity contribution in [2.24, 2.45) is 0 Å². The van der Waals surface area contributed by atoms with Crippen LogP contribution in [-0.2, 0) is 6.42 Å². The molecule has 2 rings (SSSR count). The Morgan fingerprint density at radius 1 is 1.37 bits per heavy atom. The maximum Gasteiger partial charge on any atom is 0.118 e. The molecule has 0 aliphatic carbocycles. The van der Waals surface area contributed by atoms with E-state index in [1.807, 2.05) is 12.1 Å². The lowest BCUT2D eigenvalue weighted by Gasteiger charge is -2.27. The normalized spacial score (nSPS) is 20.7. The van der Waals surface area contributed by atoms with E-state index in [9.17, 15) is 0 Å². The molecule has 1 heterocycles. The first-order valence-corrected chi connectivity index (χ1v) is 7.25.